The van der Waals surface area contributed by atoms with Gasteiger partial charge in [0.15, 0.2) is 5.16 Å². The van der Waals surface area contributed by atoms with Gasteiger partial charge in [0.05, 0.1) is 10.7 Å². The monoisotopic (exact) mass is 403 g/mol. The van der Waals surface area contributed by atoms with Crippen LogP contribution < -0.4 is 5.32 Å². The molecule has 1 aromatic carbocycles. The molecule has 150 valence electrons. The number of non-ortho nitro benzene ring substituents is 1. The Hall–Kier alpha value is -2.42. The first-order valence-electron chi connectivity index (χ1n) is 9.58. The van der Waals surface area contributed by atoms with E-state index in [0.717, 1.165) is 29.7 Å². The number of aromatic nitrogens is 3. The summed E-state index contributed by atoms with van der Waals surface area (Å²) >= 11 is 1.33. The minimum Gasteiger partial charge on any atom is -0.325 e. The molecule has 0 unspecified atom stereocenters. The number of amides is 1. The third-order valence-electron chi connectivity index (χ3n) is 5.12. The zero-order valence-corrected chi connectivity index (χ0v) is 16.8. The van der Waals surface area contributed by atoms with Crippen LogP contribution in [0.25, 0.3) is 0 Å². The van der Waals surface area contributed by atoms with Crippen molar-refractivity contribution in [3.05, 3.63) is 40.2 Å². The van der Waals surface area contributed by atoms with Crippen LogP contribution in [0.1, 0.15) is 44.3 Å². The Labute approximate surface area is 168 Å². The van der Waals surface area contributed by atoms with Crippen molar-refractivity contribution in [3.8, 4) is 0 Å². The number of hydrogen-bond acceptors (Lipinski definition) is 6. The van der Waals surface area contributed by atoms with E-state index in [1.54, 1.807) is 0 Å². The van der Waals surface area contributed by atoms with Crippen LogP contribution in [-0.4, -0.2) is 31.3 Å². The number of anilines is 1. The van der Waals surface area contributed by atoms with Crippen LogP contribution in [0.2, 0.25) is 0 Å². The third-order valence-corrected chi connectivity index (χ3v) is 6.14. The highest BCUT2D eigenvalue weighted by atomic mass is 32.2. The molecular weight excluding hydrogens is 378 g/mol. The summed E-state index contributed by atoms with van der Waals surface area (Å²) in [6.45, 7) is 0. The molecule has 1 aliphatic rings. The van der Waals surface area contributed by atoms with Gasteiger partial charge in [0.2, 0.25) is 5.91 Å². The summed E-state index contributed by atoms with van der Waals surface area (Å²) in [6.07, 6.45) is 8.76. The van der Waals surface area contributed by atoms with Gasteiger partial charge in [-0.25, -0.2) is 0 Å². The smallest absolute Gasteiger partial charge is 0.269 e. The molecule has 0 radical (unpaired) electrons. The van der Waals surface area contributed by atoms with Crippen LogP contribution in [-0.2, 0) is 18.3 Å². The molecule has 0 spiro atoms. The van der Waals surface area contributed by atoms with Crippen molar-refractivity contribution in [2.45, 2.75) is 50.1 Å². The largest absolute Gasteiger partial charge is 0.325 e. The minimum absolute atomic E-state index is 0.00721. The van der Waals surface area contributed by atoms with Gasteiger partial charge in [-0.1, -0.05) is 43.9 Å². The van der Waals surface area contributed by atoms with Crippen molar-refractivity contribution in [1.82, 2.24) is 14.8 Å². The van der Waals surface area contributed by atoms with Gasteiger partial charge in [0.25, 0.3) is 5.69 Å². The summed E-state index contributed by atoms with van der Waals surface area (Å²) in [4.78, 5) is 22.3. The SMILES string of the molecule is Cn1c(CCC2CCCCC2)nnc1SCC(=O)Nc1ccc([N+](=O)[O-])cc1. The number of nitro benzene ring substituents is 1. The molecule has 28 heavy (non-hydrogen) atoms. The molecule has 1 amide bonds. The van der Waals surface area contributed by atoms with Crippen molar-refractivity contribution in [1.29, 1.82) is 0 Å². The highest BCUT2D eigenvalue weighted by Crippen LogP contribution is 2.27. The summed E-state index contributed by atoms with van der Waals surface area (Å²) in [5.74, 6) is 1.77. The lowest BCUT2D eigenvalue weighted by molar-refractivity contribution is -0.384. The Morgan fingerprint density at radius 1 is 1.25 bits per heavy atom. The summed E-state index contributed by atoms with van der Waals surface area (Å²) in [6, 6.07) is 5.77. The van der Waals surface area contributed by atoms with Gasteiger partial charge in [-0.3, -0.25) is 14.9 Å². The molecule has 1 heterocycles. The van der Waals surface area contributed by atoms with Gasteiger partial charge >= 0.3 is 0 Å². The number of benzene rings is 1. The van der Waals surface area contributed by atoms with Gasteiger partial charge in [-0.2, -0.15) is 0 Å². The van der Waals surface area contributed by atoms with E-state index in [4.69, 9.17) is 0 Å². The maximum Gasteiger partial charge on any atom is 0.269 e. The normalized spacial score (nSPS) is 14.8. The highest BCUT2D eigenvalue weighted by Gasteiger charge is 2.16. The van der Waals surface area contributed by atoms with Crippen molar-refractivity contribution in [2.75, 3.05) is 11.1 Å². The molecule has 2 aromatic rings. The van der Waals surface area contributed by atoms with Crippen molar-refractivity contribution < 1.29 is 9.72 Å². The van der Waals surface area contributed by atoms with E-state index in [2.05, 4.69) is 15.5 Å². The molecule has 0 atom stereocenters. The molecular formula is C19H25N5O3S. The zero-order chi connectivity index (χ0) is 19.9. The lowest BCUT2D eigenvalue weighted by Crippen LogP contribution is -2.14. The molecule has 0 saturated heterocycles. The fourth-order valence-electron chi connectivity index (χ4n) is 3.49. The number of rotatable bonds is 8. The molecule has 1 aromatic heterocycles. The number of nitrogens with one attached hydrogen (secondary N) is 1. The van der Waals surface area contributed by atoms with Crippen LogP contribution in [0, 0.1) is 16.0 Å². The average Bonchev–Trinajstić information content (AvgIpc) is 3.05. The molecule has 3 rings (SSSR count). The van der Waals surface area contributed by atoms with Crippen LogP contribution in [0.5, 0.6) is 0 Å². The molecule has 8 nitrogen and oxygen atoms in total. The summed E-state index contributed by atoms with van der Waals surface area (Å²) in [7, 11) is 1.94. The first-order valence-corrected chi connectivity index (χ1v) is 10.6. The lowest BCUT2D eigenvalue weighted by atomic mass is 9.86. The predicted molar refractivity (Wildman–Crippen MR) is 108 cm³/mol. The van der Waals surface area contributed by atoms with E-state index in [-0.39, 0.29) is 17.3 Å². The van der Waals surface area contributed by atoms with Gasteiger partial charge in [0, 0.05) is 31.3 Å². The Morgan fingerprint density at radius 3 is 2.64 bits per heavy atom. The van der Waals surface area contributed by atoms with E-state index in [1.807, 2.05) is 11.6 Å². The van der Waals surface area contributed by atoms with E-state index < -0.39 is 4.92 Å². The second-order valence-corrected chi connectivity index (χ2v) is 8.08. The molecule has 9 heteroatoms. The fraction of sp³-hybridized carbons (Fsp3) is 0.526. The van der Waals surface area contributed by atoms with Crippen LogP contribution in [0.4, 0.5) is 11.4 Å². The number of carbonyl (C=O) groups excluding carboxylic acids is 1. The van der Waals surface area contributed by atoms with E-state index >= 15 is 0 Å². The van der Waals surface area contributed by atoms with Crippen LogP contribution >= 0.6 is 11.8 Å². The predicted octanol–water partition coefficient (Wildman–Crippen LogP) is 3.97. The number of nitrogens with zero attached hydrogens (tertiary/aromatic N) is 4. The third kappa shape index (κ3) is 5.54. The first kappa shape index (κ1) is 20.3. The second-order valence-electron chi connectivity index (χ2n) is 7.14. The van der Waals surface area contributed by atoms with E-state index in [9.17, 15) is 14.9 Å². The number of aryl methyl sites for hydroxylation is 1. The number of nitro groups is 1. The van der Waals surface area contributed by atoms with Crippen molar-refractivity contribution >= 4 is 29.0 Å². The maximum absolute atomic E-state index is 12.1. The number of thioether (sulfide) groups is 1. The Balaban J connectivity index is 1.46. The van der Waals surface area contributed by atoms with Crippen LogP contribution in [0.3, 0.4) is 0 Å². The topological polar surface area (TPSA) is 103 Å². The molecule has 1 fully saturated rings. The number of hydrogen-bond donors (Lipinski definition) is 1. The zero-order valence-electron chi connectivity index (χ0n) is 16.0. The quantitative estimate of drug-likeness (QED) is 0.406. The van der Waals surface area contributed by atoms with Gasteiger partial charge < -0.3 is 9.88 Å². The number of carbonyl (C=O) groups is 1. The minimum atomic E-state index is -0.471. The summed E-state index contributed by atoms with van der Waals surface area (Å²) in [5, 5.41) is 22.6. The second kappa shape index (κ2) is 9.68. The molecule has 1 aliphatic carbocycles. The molecule has 1 saturated carbocycles. The average molecular weight is 404 g/mol. The van der Waals surface area contributed by atoms with Gasteiger partial charge in [-0.05, 0) is 24.5 Å². The van der Waals surface area contributed by atoms with E-state index in [1.165, 1.54) is 68.1 Å². The summed E-state index contributed by atoms with van der Waals surface area (Å²) in [5.41, 5.74) is 0.523. The fourth-order valence-corrected chi connectivity index (χ4v) is 4.22. The highest BCUT2D eigenvalue weighted by molar-refractivity contribution is 7.99. The van der Waals surface area contributed by atoms with Gasteiger partial charge in [-0.15, -0.1) is 10.2 Å². The summed E-state index contributed by atoms with van der Waals surface area (Å²) < 4.78 is 1.96. The Bertz CT molecular complexity index is 815. The molecule has 1 N–H and O–H groups in total. The Morgan fingerprint density at radius 2 is 1.96 bits per heavy atom. The van der Waals surface area contributed by atoms with E-state index in [0.29, 0.717) is 5.69 Å². The standard InChI is InChI=1S/C19H25N5O3S/c1-23-17(12-7-14-5-3-2-4-6-14)21-22-19(23)28-13-18(25)20-15-8-10-16(11-9-15)24(26)27/h8-11,14H,2-7,12-13H2,1H3,(H,20,25). The molecule has 0 aliphatic heterocycles. The first-order chi connectivity index (χ1) is 13.5. The van der Waals surface area contributed by atoms with Crippen LogP contribution in [0.15, 0.2) is 29.4 Å². The van der Waals surface area contributed by atoms with Crippen molar-refractivity contribution in [3.63, 3.8) is 0 Å². The maximum atomic E-state index is 12.1. The molecule has 0 bridgehead atoms. The van der Waals surface area contributed by atoms with Gasteiger partial charge in [0.1, 0.15) is 5.82 Å². The Kier molecular flexibility index (Phi) is 7.02. The lowest BCUT2D eigenvalue weighted by Gasteiger charge is -2.20. The van der Waals surface area contributed by atoms with Crippen molar-refractivity contribution in [2.24, 2.45) is 13.0 Å².